The Balaban J connectivity index is 2.27. The van der Waals surface area contributed by atoms with Gasteiger partial charge in [-0.25, -0.2) is 8.42 Å². The molecule has 1 fully saturated rings. The van der Waals surface area contributed by atoms with Crippen LogP contribution in [0.2, 0.25) is 0 Å². The van der Waals surface area contributed by atoms with Crippen LogP contribution in [-0.2, 0) is 14.8 Å². The van der Waals surface area contributed by atoms with Crippen LogP contribution in [0.4, 0.5) is 0 Å². The highest BCUT2D eigenvalue weighted by Crippen LogP contribution is 2.33. The maximum Gasteiger partial charge on any atom is 0.324 e. The molecule has 0 saturated heterocycles. The van der Waals surface area contributed by atoms with E-state index in [4.69, 9.17) is 5.11 Å². The van der Waals surface area contributed by atoms with Gasteiger partial charge in [0.05, 0.1) is 4.90 Å². The first kappa shape index (κ1) is 13.8. The van der Waals surface area contributed by atoms with Gasteiger partial charge in [-0.2, -0.15) is 4.72 Å². The molecule has 0 spiro atoms. The molecule has 98 valence electrons. The normalized spacial score (nSPS) is 18.1. The highest BCUT2D eigenvalue weighted by molar-refractivity contribution is 14.1. The second kappa shape index (κ2) is 4.78. The van der Waals surface area contributed by atoms with Gasteiger partial charge in [0, 0.05) is 3.57 Å². The van der Waals surface area contributed by atoms with Crippen molar-refractivity contribution in [2.24, 2.45) is 0 Å². The number of sulfonamides is 1. The topological polar surface area (TPSA) is 83.5 Å². The fraction of sp³-hybridized carbons (Fsp3) is 0.364. The number of carboxylic acid groups (broad SMARTS) is 1. The Morgan fingerprint density at radius 2 is 1.83 bits per heavy atom. The third-order valence-electron chi connectivity index (χ3n) is 3.07. The maximum absolute atomic E-state index is 12.1. The molecule has 18 heavy (non-hydrogen) atoms. The SMILES string of the molecule is O=C(O)C1(NS(=O)(=O)c2ccc(I)cc2)CCC1. The van der Waals surface area contributed by atoms with Crippen LogP contribution in [0.1, 0.15) is 19.3 Å². The number of carbonyl (C=O) groups is 1. The Bertz CT molecular complexity index is 563. The number of halogens is 1. The third-order valence-corrected chi connectivity index (χ3v) is 5.34. The lowest BCUT2D eigenvalue weighted by Crippen LogP contribution is -2.58. The number of nitrogens with one attached hydrogen (secondary N) is 1. The summed E-state index contributed by atoms with van der Waals surface area (Å²) in [6.07, 6.45) is 1.40. The molecular formula is C11H12INO4S. The van der Waals surface area contributed by atoms with E-state index >= 15 is 0 Å². The molecule has 0 radical (unpaired) electrons. The van der Waals surface area contributed by atoms with Gasteiger partial charge in [0.1, 0.15) is 5.54 Å². The average Bonchev–Trinajstić information content (AvgIpc) is 2.23. The van der Waals surface area contributed by atoms with Gasteiger partial charge in [0.15, 0.2) is 0 Å². The van der Waals surface area contributed by atoms with E-state index in [1.165, 1.54) is 12.1 Å². The molecule has 1 saturated carbocycles. The van der Waals surface area contributed by atoms with Gasteiger partial charge in [-0.15, -0.1) is 0 Å². The molecule has 0 bridgehead atoms. The zero-order chi connectivity index (χ0) is 13.4. The molecule has 0 aromatic heterocycles. The number of aliphatic carboxylic acids is 1. The maximum atomic E-state index is 12.1. The van der Waals surface area contributed by atoms with Crippen LogP contribution in [-0.4, -0.2) is 25.0 Å². The van der Waals surface area contributed by atoms with Crippen LogP contribution in [0.15, 0.2) is 29.2 Å². The highest BCUT2D eigenvalue weighted by Gasteiger charge is 2.47. The minimum Gasteiger partial charge on any atom is -0.480 e. The summed E-state index contributed by atoms with van der Waals surface area (Å²) in [7, 11) is -3.77. The minimum atomic E-state index is -3.77. The molecule has 1 aromatic rings. The summed E-state index contributed by atoms with van der Waals surface area (Å²) in [4.78, 5) is 11.2. The summed E-state index contributed by atoms with van der Waals surface area (Å²) in [6.45, 7) is 0. The minimum absolute atomic E-state index is 0.0930. The van der Waals surface area contributed by atoms with Crippen LogP contribution < -0.4 is 4.72 Å². The zero-order valence-corrected chi connectivity index (χ0v) is 12.4. The lowest BCUT2D eigenvalue weighted by molar-refractivity contribution is -0.147. The van der Waals surface area contributed by atoms with Crippen molar-refractivity contribution in [3.63, 3.8) is 0 Å². The highest BCUT2D eigenvalue weighted by atomic mass is 127. The van der Waals surface area contributed by atoms with Crippen LogP contribution in [0.3, 0.4) is 0 Å². The Hall–Kier alpha value is -0.670. The largest absolute Gasteiger partial charge is 0.480 e. The molecule has 7 heteroatoms. The Kier molecular flexibility index (Phi) is 3.65. The van der Waals surface area contributed by atoms with E-state index in [1.54, 1.807) is 12.1 Å². The summed E-state index contributed by atoms with van der Waals surface area (Å²) in [5.74, 6) is -1.11. The summed E-state index contributed by atoms with van der Waals surface area (Å²) in [6, 6.07) is 6.28. The summed E-state index contributed by atoms with van der Waals surface area (Å²) in [5.41, 5.74) is -1.32. The summed E-state index contributed by atoms with van der Waals surface area (Å²) < 4.78 is 27.4. The number of carboxylic acids is 1. The molecule has 1 aliphatic rings. The molecule has 2 rings (SSSR count). The number of rotatable bonds is 4. The van der Waals surface area contributed by atoms with Gasteiger partial charge in [-0.3, -0.25) is 4.79 Å². The average molecular weight is 381 g/mol. The molecule has 2 N–H and O–H groups in total. The van der Waals surface area contributed by atoms with Crippen molar-refractivity contribution in [3.05, 3.63) is 27.8 Å². The predicted octanol–water partition coefficient (Wildman–Crippen LogP) is 1.58. The fourth-order valence-corrected chi connectivity index (χ4v) is 3.60. The van der Waals surface area contributed by atoms with Gasteiger partial charge >= 0.3 is 5.97 Å². The predicted molar refractivity (Wildman–Crippen MR) is 73.7 cm³/mol. The van der Waals surface area contributed by atoms with Crippen molar-refractivity contribution in [3.8, 4) is 0 Å². The second-order valence-electron chi connectivity index (χ2n) is 4.30. The van der Waals surface area contributed by atoms with Gasteiger partial charge in [-0.05, 0) is 66.1 Å². The smallest absolute Gasteiger partial charge is 0.324 e. The van der Waals surface area contributed by atoms with Crippen molar-refractivity contribution < 1.29 is 18.3 Å². The second-order valence-corrected chi connectivity index (χ2v) is 7.23. The lowest BCUT2D eigenvalue weighted by Gasteiger charge is -2.37. The van der Waals surface area contributed by atoms with Gasteiger partial charge in [-0.1, -0.05) is 0 Å². The van der Waals surface area contributed by atoms with E-state index in [0.717, 1.165) is 9.99 Å². The van der Waals surface area contributed by atoms with E-state index in [-0.39, 0.29) is 4.90 Å². The summed E-state index contributed by atoms with van der Waals surface area (Å²) in [5, 5.41) is 9.11. The molecule has 1 aliphatic carbocycles. The van der Waals surface area contributed by atoms with E-state index in [0.29, 0.717) is 12.8 Å². The van der Waals surface area contributed by atoms with Crippen molar-refractivity contribution in [2.75, 3.05) is 0 Å². The number of benzene rings is 1. The van der Waals surface area contributed by atoms with Crippen LogP contribution >= 0.6 is 22.6 Å². The van der Waals surface area contributed by atoms with E-state index < -0.39 is 21.5 Å². The molecular weight excluding hydrogens is 369 g/mol. The first-order valence-corrected chi connectivity index (χ1v) is 7.95. The molecule has 5 nitrogen and oxygen atoms in total. The van der Waals surface area contributed by atoms with Crippen molar-refractivity contribution in [1.29, 1.82) is 0 Å². The lowest BCUT2D eigenvalue weighted by atomic mass is 9.78. The van der Waals surface area contributed by atoms with Crippen LogP contribution in [0.25, 0.3) is 0 Å². The Morgan fingerprint density at radius 1 is 1.28 bits per heavy atom. The molecule has 1 aromatic carbocycles. The Morgan fingerprint density at radius 3 is 2.22 bits per heavy atom. The molecule has 0 atom stereocenters. The standard InChI is InChI=1S/C11H12INO4S/c12-8-2-4-9(5-3-8)18(16,17)13-11(10(14)15)6-1-7-11/h2-5,13H,1,6-7H2,(H,14,15). The molecule has 0 aliphatic heterocycles. The van der Waals surface area contributed by atoms with Gasteiger partial charge in [0.2, 0.25) is 10.0 Å². The van der Waals surface area contributed by atoms with E-state index in [2.05, 4.69) is 27.3 Å². The van der Waals surface area contributed by atoms with E-state index in [1.807, 2.05) is 0 Å². The van der Waals surface area contributed by atoms with Gasteiger partial charge in [0.25, 0.3) is 0 Å². The van der Waals surface area contributed by atoms with Crippen LogP contribution in [0, 0.1) is 3.57 Å². The van der Waals surface area contributed by atoms with Gasteiger partial charge < -0.3 is 5.11 Å². The molecule has 0 amide bonds. The quantitative estimate of drug-likeness (QED) is 0.776. The summed E-state index contributed by atoms with van der Waals surface area (Å²) >= 11 is 2.07. The zero-order valence-electron chi connectivity index (χ0n) is 9.39. The van der Waals surface area contributed by atoms with Crippen molar-refractivity contribution >= 4 is 38.6 Å². The fourth-order valence-electron chi connectivity index (χ4n) is 1.82. The monoisotopic (exact) mass is 381 g/mol. The van der Waals surface area contributed by atoms with Crippen LogP contribution in [0.5, 0.6) is 0 Å². The first-order chi connectivity index (χ1) is 8.36. The molecule has 0 unspecified atom stereocenters. The van der Waals surface area contributed by atoms with Crippen molar-refractivity contribution in [2.45, 2.75) is 29.7 Å². The number of hydrogen-bond acceptors (Lipinski definition) is 3. The first-order valence-electron chi connectivity index (χ1n) is 5.39. The van der Waals surface area contributed by atoms with E-state index in [9.17, 15) is 13.2 Å². The van der Waals surface area contributed by atoms with Crippen molar-refractivity contribution in [1.82, 2.24) is 4.72 Å². The Labute approximate surface area is 119 Å². The number of hydrogen-bond donors (Lipinski definition) is 2. The molecule has 0 heterocycles. The third kappa shape index (κ3) is 2.52.